The largest absolute Gasteiger partial charge is 0.490 e. The Kier molecular flexibility index (Phi) is 4.88. The summed E-state index contributed by atoms with van der Waals surface area (Å²) in [6, 6.07) is 25.1. The maximum atomic E-state index is 15.0. The molecule has 35 heavy (non-hydrogen) atoms. The van der Waals surface area contributed by atoms with Crippen LogP contribution in [0.4, 0.5) is 0 Å². The van der Waals surface area contributed by atoms with E-state index in [1.807, 2.05) is 78.9 Å². The molecular formula is C28H23O6P. The van der Waals surface area contributed by atoms with Crippen molar-refractivity contribution < 1.29 is 28.0 Å². The molecule has 0 aromatic heterocycles. The smallest absolute Gasteiger partial charge is 0.311 e. The molecule has 3 unspecified atom stereocenters. The lowest BCUT2D eigenvalue weighted by Crippen LogP contribution is -2.27. The summed E-state index contributed by atoms with van der Waals surface area (Å²) in [6.07, 6.45) is 0.139. The van der Waals surface area contributed by atoms with E-state index in [0.717, 1.165) is 21.9 Å². The van der Waals surface area contributed by atoms with Gasteiger partial charge in [-0.25, -0.2) is 0 Å². The van der Waals surface area contributed by atoms with Gasteiger partial charge >= 0.3 is 7.37 Å². The van der Waals surface area contributed by atoms with Gasteiger partial charge in [0.05, 0.1) is 23.8 Å². The molecule has 0 N–H and O–H groups in total. The van der Waals surface area contributed by atoms with Gasteiger partial charge in [-0.15, -0.1) is 0 Å². The lowest BCUT2D eigenvalue weighted by molar-refractivity contribution is 0.262. The van der Waals surface area contributed by atoms with E-state index in [-0.39, 0.29) is 12.2 Å². The molecule has 3 aliphatic rings. The standard InChI is InChI=1S/C28H23O6P/c29-35(26-12-6-4-9-22(26)20-7-3-5-11-24(20)34-35)27-13-25(32-16-18-14-30-18)21-8-1-2-10-23(21)28(27)33-17-19-15-31-19/h1-13,18-19H,14-17H2. The molecule has 176 valence electrons. The van der Waals surface area contributed by atoms with Crippen LogP contribution < -0.4 is 24.6 Å². The fourth-order valence-electron chi connectivity index (χ4n) is 4.57. The van der Waals surface area contributed by atoms with Crippen molar-refractivity contribution in [2.75, 3.05) is 26.4 Å². The average Bonchev–Trinajstić information content (AvgIpc) is 3.82. The molecule has 0 bridgehead atoms. The van der Waals surface area contributed by atoms with Gasteiger partial charge in [-0.3, -0.25) is 4.57 Å². The number of benzene rings is 4. The Balaban J connectivity index is 1.46. The topological polar surface area (TPSA) is 69.8 Å². The van der Waals surface area contributed by atoms with Crippen molar-refractivity contribution in [3.63, 3.8) is 0 Å². The van der Waals surface area contributed by atoms with Crippen molar-refractivity contribution >= 4 is 28.8 Å². The minimum absolute atomic E-state index is 0.0470. The van der Waals surface area contributed by atoms with Crippen LogP contribution in [0, 0.1) is 0 Å². The van der Waals surface area contributed by atoms with Crippen LogP contribution in [0.1, 0.15) is 0 Å². The normalized spacial score (nSPS) is 23.7. The highest BCUT2D eigenvalue weighted by molar-refractivity contribution is 7.75. The summed E-state index contributed by atoms with van der Waals surface area (Å²) >= 11 is 0. The summed E-state index contributed by atoms with van der Waals surface area (Å²) in [5.41, 5.74) is 1.82. The average molecular weight is 486 g/mol. The Morgan fingerprint density at radius 2 is 1.37 bits per heavy atom. The zero-order valence-corrected chi connectivity index (χ0v) is 19.8. The van der Waals surface area contributed by atoms with Crippen LogP contribution in [-0.4, -0.2) is 38.6 Å². The predicted molar refractivity (Wildman–Crippen MR) is 134 cm³/mol. The van der Waals surface area contributed by atoms with Gasteiger partial charge in [0.1, 0.15) is 42.7 Å². The molecule has 0 spiro atoms. The lowest BCUT2D eigenvalue weighted by Gasteiger charge is -2.30. The quantitative estimate of drug-likeness (QED) is 0.279. The first-order chi connectivity index (χ1) is 17.2. The Morgan fingerprint density at radius 1 is 0.743 bits per heavy atom. The lowest BCUT2D eigenvalue weighted by atomic mass is 10.0. The van der Waals surface area contributed by atoms with Crippen molar-refractivity contribution in [2.45, 2.75) is 12.2 Å². The number of rotatable bonds is 7. The Labute approximate surface area is 202 Å². The van der Waals surface area contributed by atoms with Crippen LogP contribution in [0.2, 0.25) is 0 Å². The highest BCUT2D eigenvalue weighted by Crippen LogP contribution is 2.56. The first-order valence-electron chi connectivity index (χ1n) is 11.7. The van der Waals surface area contributed by atoms with E-state index in [0.29, 0.717) is 54.3 Å². The van der Waals surface area contributed by atoms with E-state index in [2.05, 4.69) is 0 Å². The van der Waals surface area contributed by atoms with E-state index >= 15 is 4.57 Å². The van der Waals surface area contributed by atoms with Gasteiger partial charge in [-0.2, -0.15) is 0 Å². The van der Waals surface area contributed by atoms with Crippen molar-refractivity contribution in [2.24, 2.45) is 0 Å². The van der Waals surface area contributed by atoms with E-state index in [1.165, 1.54) is 0 Å². The van der Waals surface area contributed by atoms with Crippen LogP contribution in [0.15, 0.2) is 78.9 Å². The first kappa shape index (κ1) is 21.0. The van der Waals surface area contributed by atoms with Crippen LogP contribution >= 0.6 is 7.37 Å². The molecule has 7 rings (SSSR count). The monoisotopic (exact) mass is 486 g/mol. The fourth-order valence-corrected chi connectivity index (χ4v) is 7.00. The van der Waals surface area contributed by atoms with Gasteiger partial charge in [0.2, 0.25) is 0 Å². The number of ether oxygens (including phenoxy) is 4. The predicted octanol–water partition coefficient (Wildman–Crippen LogP) is 4.68. The van der Waals surface area contributed by atoms with Gasteiger partial charge in [-0.05, 0) is 23.8 Å². The van der Waals surface area contributed by atoms with Gasteiger partial charge in [-0.1, -0.05) is 60.7 Å². The molecule has 4 aromatic rings. The molecule has 3 heterocycles. The summed E-state index contributed by atoms with van der Waals surface area (Å²) in [7, 11) is -3.61. The summed E-state index contributed by atoms with van der Waals surface area (Å²) in [5.74, 6) is 1.77. The minimum Gasteiger partial charge on any atom is -0.490 e. The highest BCUT2D eigenvalue weighted by atomic mass is 31.2. The van der Waals surface area contributed by atoms with Crippen LogP contribution in [0.25, 0.3) is 21.9 Å². The Hall–Kier alpha value is -3.31. The maximum absolute atomic E-state index is 15.0. The third kappa shape index (κ3) is 3.69. The van der Waals surface area contributed by atoms with Gasteiger partial charge < -0.3 is 23.5 Å². The van der Waals surface area contributed by atoms with Crippen LogP contribution in [0.5, 0.6) is 17.2 Å². The number of epoxide rings is 2. The van der Waals surface area contributed by atoms with Gasteiger partial charge in [0.15, 0.2) is 0 Å². The van der Waals surface area contributed by atoms with E-state index in [1.54, 1.807) is 0 Å². The number of hydrogen-bond donors (Lipinski definition) is 0. The summed E-state index contributed by atoms with van der Waals surface area (Å²) in [4.78, 5) is 0. The van der Waals surface area contributed by atoms with Crippen molar-refractivity contribution in [3.8, 4) is 28.4 Å². The number of fused-ring (bicyclic) bond motifs is 4. The second-order valence-corrected chi connectivity index (χ2v) is 11.2. The molecule has 3 aliphatic heterocycles. The zero-order valence-electron chi connectivity index (χ0n) is 18.9. The molecule has 7 heteroatoms. The van der Waals surface area contributed by atoms with Gasteiger partial charge in [0.25, 0.3) is 0 Å². The van der Waals surface area contributed by atoms with Crippen molar-refractivity contribution in [3.05, 3.63) is 78.9 Å². The molecular weight excluding hydrogens is 463 g/mol. The maximum Gasteiger partial charge on any atom is 0.311 e. The second kappa shape index (κ2) is 8.13. The summed E-state index contributed by atoms with van der Waals surface area (Å²) in [6.45, 7) is 2.18. The van der Waals surface area contributed by atoms with E-state index < -0.39 is 7.37 Å². The summed E-state index contributed by atoms with van der Waals surface area (Å²) < 4.78 is 44.7. The molecule has 3 atom stereocenters. The zero-order chi connectivity index (χ0) is 23.4. The second-order valence-electron chi connectivity index (χ2n) is 8.96. The Bertz CT molecular complexity index is 1490. The molecule has 2 fully saturated rings. The first-order valence-corrected chi connectivity index (χ1v) is 13.4. The third-order valence-corrected chi connectivity index (χ3v) is 8.97. The molecule has 0 saturated carbocycles. The summed E-state index contributed by atoms with van der Waals surface area (Å²) in [5, 5.41) is 2.86. The molecule has 6 nitrogen and oxygen atoms in total. The number of para-hydroxylation sites is 1. The fraction of sp³-hybridized carbons (Fsp3) is 0.214. The molecule has 0 radical (unpaired) electrons. The van der Waals surface area contributed by atoms with Crippen LogP contribution in [-0.2, 0) is 14.0 Å². The third-order valence-electron chi connectivity index (χ3n) is 6.52. The highest BCUT2D eigenvalue weighted by Gasteiger charge is 2.41. The van der Waals surface area contributed by atoms with Crippen LogP contribution in [0.3, 0.4) is 0 Å². The van der Waals surface area contributed by atoms with Crippen molar-refractivity contribution in [1.82, 2.24) is 0 Å². The molecule has 2 saturated heterocycles. The minimum atomic E-state index is -3.61. The molecule has 0 aliphatic carbocycles. The van der Waals surface area contributed by atoms with E-state index in [4.69, 9.17) is 23.5 Å². The SMILES string of the molecule is O=P1(c2cc(OCC3CO3)c3ccccc3c2OCC2CO2)Oc2ccccc2-c2ccccc21. The van der Waals surface area contributed by atoms with E-state index in [9.17, 15) is 0 Å². The Morgan fingerprint density at radius 3 is 2.14 bits per heavy atom. The number of hydrogen-bond acceptors (Lipinski definition) is 6. The van der Waals surface area contributed by atoms with Gasteiger partial charge in [0, 0.05) is 16.3 Å². The molecule has 0 amide bonds. The molecule has 4 aromatic carbocycles. The van der Waals surface area contributed by atoms with Crippen molar-refractivity contribution in [1.29, 1.82) is 0 Å².